The molecule has 1 atom stereocenters. The summed E-state index contributed by atoms with van der Waals surface area (Å²) >= 11 is 0. The predicted molar refractivity (Wildman–Crippen MR) is 93.9 cm³/mol. The fourth-order valence-corrected chi connectivity index (χ4v) is 3.16. The number of amides is 2. The molecule has 1 heterocycles. The van der Waals surface area contributed by atoms with E-state index in [1.54, 1.807) is 10.9 Å². The molecule has 2 amide bonds. The zero-order chi connectivity index (χ0) is 17.8. The summed E-state index contributed by atoms with van der Waals surface area (Å²) < 4.78 is 1.76. The van der Waals surface area contributed by atoms with Crippen molar-refractivity contribution < 1.29 is 9.59 Å². The van der Waals surface area contributed by atoms with Gasteiger partial charge in [-0.2, -0.15) is 0 Å². The number of rotatable bonds is 6. The van der Waals surface area contributed by atoms with Gasteiger partial charge in [-0.05, 0) is 49.4 Å². The maximum absolute atomic E-state index is 12.1. The van der Waals surface area contributed by atoms with Crippen LogP contribution in [0.25, 0.3) is 0 Å². The highest BCUT2D eigenvalue weighted by Crippen LogP contribution is 2.24. The molecular weight excluding hydrogens is 318 g/mol. The van der Waals surface area contributed by atoms with Crippen molar-refractivity contribution in [3.8, 4) is 0 Å². The number of anilines is 1. The van der Waals surface area contributed by atoms with Crippen LogP contribution in [-0.4, -0.2) is 26.6 Å². The summed E-state index contributed by atoms with van der Waals surface area (Å²) in [4.78, 5) is 24.1. The molecule has 0 fully saturated rings. The van der Waals surface area contributed by atoms with Gasteiger partial charge in [0.2, 0.25) is 11.8 Å². The highest BCUT2D eigenvalue weighted by Gasteiger charge is 2.16. The number of nitrogens with zero attached hydrogens (tertiary/aromatic N) is 3. The highest BCUT2D eigenvalue weighted by molar-refractivity contribution is 5.93. The minimum Gasteiger partial charge on any atom is -0.346 e. The molecule has 1 aliphatic carbocycles. The van der Waals surface area contributed by atoms with Crippen molar-refractivity contribution in [2.45, 2.75) is 45.1 Å². The van der Waals surface area contributed by atoms with E-state index in [-0.39, 0.29) is 30.7 Å². The first-order valence-electron chi connectivity index (χ1n) is 8.58. The zero-order valence-corrected chi connectivity index (χ0v) is 14.6. The lowest BCUT2D eigenvalue weighted by molar-refractivity contribution is -0.124. The summed E-state index contributed by atoms with van der Waals surface area (Å²) in [7, 11) is 1.82. The summed E-state index contributed by atoms with van der Waals surface area (Å²) in [6.45, 7) is 1.84. The van der Waals surface area contributed by atoms with Crippen LogP contribution in [0.5, 0.6) is 0 Å². The number of carbonyl (C=O) groups is 2. The first kappa shape index (κ1) is 17.1. The van der Waals surface area contributed by atoms with Crippen molar-refractivity contribution in [3.05, 3.63) is 41.5 Å². The Labute approximate surface area is 146 Å². The lowest BCUT2D eigenvalue weighted by atomic mass is 10.1. The van der Waals surface area contributed by atoms with Crippen LogP contribution in [0.3, 0.4) is 0 Å². The Morgan fingerprint density at radius 2 is 1.96 bits per heavy atom. The van der Waals surface area contributed by atoms with E-state index in [2.05, 4.69) is 26.9 Å². The largest absolute Gasteiger partial charge is 0.346 e. The maximum Gasteiger partial charge on any atom is 0.224 e. The molecule has 7 nitrogen and oxygen atoms in total. The number of aryl methyl sites for hydroxylation is 3. The molecule has 1 unspecified atom stereocenters. The minimum absolute atomic E-state index is 0.138. The maximum atomic E-state index is 12.1. The summed E-state index contributed by atoms with van der Waals surface area (Å²) in [6, 6.07) is 5.79. The van der Waals surface area contributed by atoms with Crippen molar-refractivity contribution in [3.63, 3.8) is 0 Å². The number of benzene rings is 1. The molecule has 1 aliphatic rings. The molecule has 0 radical (unpaired) electrons. The van der Waals surface area contributed by atoms with E-state index >= 15 is 0 Å². The van der Waals surface area contributed by atoms with Crippen LogP contribution in [0.4, 0.5) is 5.69 Å². The standard InChI is InChI=1S/C18H23N5O2/c1-12(18-22-19-11-23(18)2)20-16(24)8-9-17(25)21-15-7-6-13-4-3-5-14(13)10-15/h6-7,10-12H,3-5,8-9H2,1-2H3,(H,20,24)(H,21,25). The van der Waals surface area contributed by atoms with Gasteiger partial charge < -0.3 is 15.2 Å². The molecule has 1 aromatic carbocycles. The number of nitrogens with one attached hydrogen (secondary N) is 2. The van der Waals surface area contributed by atoms with Crippen LogP contribution in [0.2, 0.25) is 0 Å². The van der Waals surface area contributed by atoms with E-state index in [4.69, 9.17) is 0 Å². The van der Waals surface area contributed by atoms with Crippen LogP contribution in [0.15, 0.2) is 24.5 Å². The molecule has 0 saturated heterocycles. The fourth-order valence-electron chi connectivity index (χ4n) is 3.16. The summed E-state index contributed by atoms with van der Waals surface area (Å²) in [6.07, 6.45) is 5.24. The molecule has 0 saturated carbocycles. The Morgan fingerprint density at radius 1 is 1.20 bits per heavy atom. The number of carbonyl (C=O) groups excluding carboxylic acids is 2. The minimum atomic E-state index is -0.250. The smallest absolute Gasteiger partial charge is 0.224 e. The SMILES string of the molecule is CC(NC(=O)CCC(=O)Nc1ccc2c(c1)CCC2)c1nncn1C. The average Bonchev–Trinajstić information content (AvgIpc) is 3.21. The Kier molecular flexibility index (Phi) is 5.11. The van der Waals surface area contributed by atoms with Crippen molar-refractivity contribution in [2.24, 2.45) is 7.05 Å². The van der Waals surface area contributed by atoms with E-state index in [0.717, 1.165) is 18.5 Å². The van der Waals surface area contributed by atoms with Crippen LogP contribution >= 0.6 is 0 Å². The van der Waals surface area contributed by atoms with Gasteiger partial charge in [0.1, 0.15) is 6.33 Å². The topological polar surface area (TPSA) is 88.9 Å². The molecular formula is C18H23N5O2. The molecule has 0 bridgehead atoms. The van der Waals surface area contributed by atoms with Crippen LogP contribution in [0, 0.1) is 0 Å². The van der Waals surface area contributed by atoms with Gasteiger partial charge in [0.25, 0.3) is 0 Å². The Morgan fingerprint density at radius 3 is 2.72 bits per heavy atom. The third-order valence-corrected chi connectivity index (χ3v) is 4.47. The highest BCUT2D eigenvalue weighted by atomic mass is 16.2. The van der Waals surface area contributed by atoms with Crippen molar-refractivity contribution in [1.82, 2.24) is 20.1 Å². The molecule has 0 aliphatic heterocycles. The lowest BCUT2D eigenvalue weighted by Gasteiger charge is -2.13. The van der Waals surface area contributed by atoms with Gasteiger partial charge in [-0.15, -0.1) is 10.2 Å². The Hall–Kier alpha value is -2.70. The summed E-state index contributed by atoms with van der Waals surface area (Å²) in [5.74, 6) is 0.343. The van der Waals surface area contributed by atoms with Crippen LogP contribution in [-0.2, 0) is 29.5 Å². The Balaban J connectivity index is 1.45. The van der Waals surface area contributed by atoms with Gasteiger partial charge in [-0.3, -0.25) is 9.59 Å². The molecule has 25 heavy (non-hydrogen) atoms. The van der Waals surface area contributed by atoms with Gasteiger partial charge >= 0.3 is 0 Å². The molecule has 3 rings (SSSR count). The average molecular weight is 341 g/mol. The van der Waals surface area contributed by atoms with Gasteiger partial charge in [-0.25, -0.2) is 0 Å². The first-order valence-corrected chi connectivity index (χ1v) is 8.58. The van der Waals surface area contributed by atoms with E-state index in [1.165, 1.54) is 17.5 Å². The van der Waals surface area contributed by atoms with Gasteiger partial charge in [-0.1, -0.05) is 6.07 Å². The third kappa shape index (κ3) is 4.23. The van der Waals surface area contributed by atoms with Crippen LogP contribution in [0.1, 0.15) is 49.2 Å². The van der Waals surface area contributed by atoms with E-state index < -0.39 is 0 Å². The van der Waals surface area contributed by atoms with Crippen molar-refractivity contribution in [1.29, 1.82) is 0 Å². The number of fused-ring (bicyclic) bond motifs is 1. The Bertz CT molecular complexity index is 784. The van der Waals surface area contributed by atoms with Crippen molar-refractivity contribution >= 4 is 17.5 Å². The van der Waals surface area contributed by atoms with E-state index in [0.29, 0.717) is 5.82 Å². The van der Waals surface area contributed by atoms with E-state index in [9.17, 15) is 9.59 Å². The zero-order valence-electron chi connectivity index (χ0n) is 14.6. The second kappa shape index (κ2) is 7.46. The molecule has 2 N–H and O–H groups in total. The summed E-state index contributed by atoms with van der Waals surface area (Å²) in [5, 5.41) is 13.5. The molecule has 2 aromatic rings. The normalized spacial score (nSPS) is 14.0. The number of hydrogen-bond acceptors (Lipinski definition) is 4. The van der Waals surface area contributed by atoms with E-state index in [1.807, 2.05) is 26.1 Å². The monoisotopic (exact) mass is 341 g/mol. The van der Waals surface area contributed by atoms with Crippen LogP contribution < -0.4 is 10.6 Å². The van der Waals surface area contributed by atoms with Gasteiger partial charge in [0, 0.05) is 25.6 Å². The molecule has 7 heteroatoms. The predicted octanol–water partition coefficient (Wildman–Crippen LogP) is 1.90. The number of hydrogen-bond donors (Lipinski definition) is 2. The number of aromatic nitrogens is 3. The quantitative estimate of drug-likeness (QED) is 0.840. The third-order valence-electron chi connectivity index (χ3n) is 4.47. The van der Waals surface area contributed by atoms with Gasteiger partial charge in [0.15, 0.2) is 5.82 Å². The summed E-state index contributed by atoms with van der Waals surface area (Å²) in [5.41, 5.74) is 3.49. The second-order valence-corrected chi connectivity index (χ2v) is 6.47. The molecule has 132 valence electrons. The molecule has 1 aromatic heterocycles. The fraction of sp³-hybridized carbons (Fsp3) is 0.444. The van der Waals surface area contributed by atoms with Gasteiger partial charge in [0.05, 0.1) is 6.04 Å². The molecule has 0 spiro atoms. The van der Waals surface area contributed by atoms with Crippen molar-refractivity contribution in [2.75, 3.05) is 5.32 Å². The second-order valence-electron chi connectivity index (χ2n) is 6.47. The first-order chi connectivity index (χ1) is 12.0. The lowest BCUT2D eigenvalue weighted by Crippen LogP contribution is -2.29.